The van der Waals surface area contributed by atoms with Gasteiger partial charge in [-0.2, -0.15) is 0 Å². The molecule has 6 nitrogen and oxygen atoms in total. The molecule has 0 saturated carbocycles. The molecule has 0 bridgehead atoms. The third kappa shape index (κ3) is 3.78. The molecule has 2 aromatic heterocycles. The number of aryl methyl sites for hydroxylation is 1. The van der Waals surface area contributed by atoms with Gasteiger partial charge in [-0.1, -0.05) is 13.8 Å². The molecule has 116 valence electrons. The van der Waals surface area contributed by atoms with E-state index in [1.165, 1.54) is 0 Å². The van der Waals surface area contributed by atoms with Gasteiger partial charge in [0.1, 0.15) is 11.5 Å². The summed E-state index contributed by atoms with van der Waals surface area (Å²) in [7, 11) is 3.70. The number of hydrogen-bond donors (Lipinski definition) is 1. The van der Waals surface area contributed by atoms with E-state index in [9.17, 15) is 4.79 Å². The molecule has 0 unspecified atom stereocenters. The summed E-state index contributed by atoms with van der Waals surface area (Å²) in [5.41, 5.74) is 2.21. The van der Waals surface area contributed by atoms with E-state index >= 15 is 0 Å². The minimum Gasteiger partial charge on any atom is -0.347 e. The smallest absolute Gasteiger partial charge is 0.275 e. The Bertz CT molecular complexity index is 656. The Hall–Kier alpha value is -2.50. The molecule has 0 radical (unpaired) electrons. The SMILES string of the molecule is Cc1ccnc(NC(=O)c2cc(C(C)C)nc(N(C)C)n2)c1. The molecule has 0 aromatic carbocycles. The number of pyridine rings is 1. The van der Waals surface area contributed by atoms with Gasteiger partial charge in [0, 0.05) is 26.0 Å². The third-order valence-corrected chi connectivity index (χ3v) is 3.12. The van der Waals surface area contributed by atoms with Crippen LogP contribution in [0.2, 0.25) is 0 Å². The number of nitrogens with one attached hydrogen (secondary N) is 1. The molecule has 2 aromatic rings. The lowest BCUT2D eigenvalue weighted by molar-refractivity contribution is 0.102. The predicted molar refractivity (Wildman–Crippen MR) is 87.4 cm³/mol. The van der Waals surface area contributed by atoms with E-state index in [2.05, 4.69) is 20.3 Å². The fraction of sp³-hybridized carbons (Fsp3) is 0.375. The van der Waals surface area contributed by atoms with E-state index in [1.54, 1.807) is 17.2 Å². The Morgan fingerprint density at radius 3 is 2.55 bits per heavy atom. The second kappa shape index (κ2) is 6.51. The predicted octanol–water partition coefficient (Wildman–Crippen LogP) is 2.62. The summed E-state index contributed by atoms with van der Waals surface area (Å²) < 4.78 is 0. The van der Waals surface area contributed by atoms with Crippen molar-refractivity contribution >= 4 is 17.7 Å². The van der Waals surface area contributed by atoms with Crippen LogP contribution < -0.4 is 10.2 Å². The molecule has 2 heterocycles. The second-order valence-electron chi connectivity index (χ2n) is 5.70. The van der Waals surface area contributed by atoms with Gasteiger partial charge in [0.2, 0.25) is 5.95 Å². The molecule has 0 fully saturated rings. The standard InChI is InChI=1S/C16H21N5O/c1-10(2)12-9-13(19-16(18-12)21(4)5)15(22)20-14-8-11(3)6-7-17-14/h6-10H,1-5H3,(H,17,20,22). The van der Waals surface area contributed by atoms with Crippen molar-refractivity contribution < 1.29 is 4.79 Å². The molecule has 2 rings (SSSR count). The Labute approximate surface area is 130 Å². The molecule has 0 saturated heterocycles. The fourth-order valence-electron chi connectivity index (χ4n) is 1.85. The van der Waals surface area contributed by atoms with E-state index in [1.807, 2.05) is 47.0 Å². The zero-order chi connectivity index (χ0) is 16.3. The number of carbonyl (C=O) groups is 1. The molecule has 0 atom stereocenters. The lowest BCUT2D eigenvalue weighted by Gasteiger charge is -2.14. The highest BCUT2D eigenvalue weighted by Crippen LogP contribution is 2.17. The maximum absolute atomic E-state index is 12.4. The van der Waals surface area contributed by atoms with Gasteiger partial charge < -0.3 is 10.2 Å². The Balaban J connectivity index is 2.32. The van der Waals surface area contributed by atoms with Crippen molar-refractivity contribution in [1.82, 2.24) is 15.0 Å². The molecule has 0 spiro atoms. The highest BCUT2D eigenvalue weighted by atomic mass is 16.1. The van der Waals surface area contributed by atoms with Gasteiger partial charge in [0.25, 0.3) is 5.91 Å². The van der Waals surface area contributed by atoms with Gasteiger partial charge in [-0.05, 0) is 36.6 Å². The molecule has 0 aliphatic rings. The van der Waals surface area contributed by atoms with E-state index < -0.39 is 0 Å². The molecule has 6 heteroatoms. The summed E-state index contributed by atoms with van der Waals surface area (Å²) in [4.78, 5) is 27.1. The first kappa shape index (κ1) is 15.9. The second-order valence-corrected chi connectivity index (χ2v) is 5.70. The van der Waals surface area contributed by atoms with Crippen LogP contribution in [0.5, 0.6) is 0 Å². The van der Waals surface area contributed by atoms with Gasteiger partial charge in [-0.15, -0.1) is 0 Å². The number of rotatable bonds is 4. The quantitative estimate of drug-likeness (QED) is 0.939. The first-order chi connectivity index (χ1) is 10.4. The first-order valence-corrected chi connectivity index (χ1v) is 7.17. The fourth-order valence-corrected chi connectivity index (χ4v) is 1.85. The average molecular weight is 299 g/mol. The molecular weight excluding hydrogens is 278 g/mol. The largest absolute Gasteiger partial charge is 0.347 e. The Morgan fingerprint density at radius 1 is 1.23 bits per heavy atom. The normalized spacial score (nSPS) is 10.6. The molecule has 1 amide bonds. The number of carbonyl (C=O) groups excluding carboxylic acids is 1. The van der Waals surface area contributed by atoms with E-state index in [4.69, 9.17) is 0 Å². The van der Waals surface area contributed by atoms with Crippen molar-refractivity contribution in [3.05, 3.63) is 41.3 Å². The number of nitrogens with zero attached hydrogens (tertiary/aromatic N) is 4. The maximum atomic E-state index is 12.4. The Morgan fingerprint density at radius 2 is 1.95 bits per heavy atom. The van der Waals surface area contributed by atoms with Crippen LogP contribution in [-0.2, 0) is 0 Å². The summed E-state index contributed by atoms with van der Waals surface area (Å²) in [6.07, 6.45) is 1.66. The van der Waals surface area contributed by atoms with Gasteiger partial charge in [-0.3, -0.25) is 4.79 Å². The van der Waals surface area contributed by atoms with E-state index in [0.717, 1.165) is 11.3 Å². The van der Waals surface area contributed by atoms with Crippen LogP contribution in [0, 0.1) is 6.92 Å². The zero-order valence-electron chi connectivity index (χ0n) is 13.6. The van der Waals surface area contributed by atoms with Crippen molar-refractivity contribution in [2.75, 3.05) is 24.3 Å². The highest BCUT2D eigenvalue weighted by molar-refractivity contribution is 6.02. The van der Waals surface area contributed by atoms with Crippen LogP contribution in [0.1, 0.15) is 41.5 Å². The first-order valence-electron chi connectivity index (χ1n) is 7.17. The summed E-state index contributed by atoms with van der Waals surface area (Å²) in [5, 5.41) is 2.77. The molecule has 0 aliphatic carbocycles. The monoisotopic (exact) mass is 299 g/mol. The highest BCUT2D eigenvalue weighted by Gasteiger charge is 2.15. The minimum absolute atomic E-state index is 0.213. The maximum Gasteiger partial charge on any atom is 0.275 e. The average Bonchev–Trinajstić information content (AvgIpc) is 2.46. The third-order valence-electron chi connectivity index (χ3n) is 3.12. The van der Waals surface area contributed by atoms with E-state index in [0.29, 0.717) is 17.5 Å². The minimum atomic E-state index is -0.287. The van der Waals surface area contributed by atoms with Gasteiger partial charge in [0.15, 0.2) is 0 Å². The van der Waals surface area contributed by atoms with Gasteiger partial charge in [0.05, 0.1) is 0 Å². The van der Waals surface area contributed by atoms with Gasteiger partial charge in [-0.25, -0.2) is 15.0 Å². The topological polar surface area (TPSA) is 71.0 Å². The van der Waals surface area contributed by atoms with Gasteiger partial charge >= 0.3 is 0 Å². The van der Waals surface area contributed by atoms with Crippen molar-refractivity contribution in [3.8, 4) is 0 Å². The lowest BCUT2D eigenvalue weighted by Crippen LogP contribution is -2.20. The summed E-state index contributed by atoms with van der Waals surface area (Å²) >= 11 is 0. The number of amides is 1. The summed E-state index contributed by atoms with van der Waals surface area (Å²) in [5.74, 6) is 0.963. The number of aromatic nitrogens is 3. The van der Waals surface area contributed by atoms with Crippen LogP contribution in [0.3, 0.4) is 0 Å². The van der Waals surface area contributed by atoms with Crippen LogP contribution in [-0.4, -0.2) is 35.0 Å². The van der Waals surface area contributed by atoms with Crippen LogP contribution >= 0.6 is 0 Å². The summed E-state index contributed by atoms with van der Waals surface area (Å²) in [6.45, 7) is 6.01. The van der Waals surface area contributed by atoms with Crippen LogP contribution in [0.15, 0.2) is 24.4 Å². The number of anilines is 2. The molecule has 1 N–H and O–H groups in total. The Kier molecular flexibility index (Phi) is 4.70. The summed E-state index contributed by atoms with van der Waals surface area (Å²) in [6, 6.07) is 5.42. The molecule has 0 aliphatic heterocycles. The van der Waals surface area contributed by atoms with Crippen molar-refractivity contribution in [2.24, 2.45) is 0 Å². The lowest BCUT2D eigenvalue weighted by atomic mass is 10.1. The van der Waals surface area contributed by atoms with Crippen molar-refractivity contribution in [3.63, 3.8) is 0 Å². The molecular formula is C16H21N5O. The molecule has 22 heavy (non-hydrogen) atoms. The van der Waals surface area contributed by atoms with Crippen LogP contribution in [0.25, 0.3) is 0 Å². The zero-order valence-corrected chi connectivity index (χ0v) is 13.6. The van der Waals surface area contributed by atoms with Crippen LogP contribution in [0.4, 0.5) is 11.8 Å². The van der Waals surface area contributed by atoms with E-state index in [-0.39, 0.29) is 11.8 Å². The van der Waals surface area contributed by atoms with Crippen molar-refractivity contribution in [1.29, 1.82) is 0 Å². The number of hydrogen-bond acceptors (Lipinski definition) is 5. The van der Waals surface area contributed by atoms with Crippen molar-refractivity contribution in [2.45, 2.75) is 26.7 Å².